The maximum Gasteiger partial charge on any atom is 0.244 e. The molecule has 2 unspecified atom stereocenters. The molecule has 136 valence electrons. The molecule has 2 rings (SSSR count). The third-order valence-corrected chi connectivity index (χ3v) is 4.54. The Kier molecular flexibility index (Phi) is 8.24. The first-order valence-electron chi connectivity index (χ1n) is 8.26. The number of allylic oxidation sites excluding steroid dienone is 7. The summed E-state index contributed by atoms with van der Waals surface area (Å²) in [4.78, 5) is 11.9. The Bertz CT molecular complexity index is 790. The zero-order valence-corrected chi connectivity index (χ0v) is 16.6. The van der Waals surface area contributed by atoms with Crippen LogP contribution in [0.3, 0.4) is 0 Å². The smallest absolute Gasteiger partial charge is 0.244 e. The highest BCUT2D eigenvalue weighted by Crippen LogP contribution is 2.22. The van der Waals surface area contributed by atoms with Crippen molar-refractivity contribution in [2.24, 2.45) is 5.92 Å². The molecule has 0 heterocycles. The van der Waals surface area contributed by atoms with Gasteiger partial charge in [0.25, 0.3) is 0 Å². The third-order valence-electron chi connectivity index (χ3n) is 3.70. The number of carbonyl (C=O) groups excluding carboxylic acids is 1. The minimum absolute atomic E-state index is 0.0587. The molecule has 0 radical (unpaired) electrons. The van der Waals surface area contributed by atoms with Gasteiger partial charge in [0.2, 0.25) is 5.91 Å². The first kappa shape index (κ1) is 20.6. The molecule has 0 spiro atoms. The van der Waals surface area contributed by atoms with Gasteiger partial charge < -0.3 is 5.32 Å². The second-order valence-corrected chi connectivity index (χ2v) is 7.19. The lowest BCUT2D eigenvalue weighted by molar-refractivity contribution is -0.116. The first-order valence-corrected chi connectivity index (χ1v) is 9.40. The van der Waals surface area contributed by atoms with E-state index in [0.717, 1.165) is 17.0 Å². The lowest BCUT2D eigenvalue weighted by Gasteiger charge is -2.11. The van der Waals surface area contributed by atoms with Crippen LogP contribution < -0.4 is 5.32 Å². The van der Waals surface area contributed by atoms with Gasteiger partial charge >= 0.3 is 0 Å². The average Bonchev–Trinajstić information content (AvgIpc) is 2.59. The Morgan fingerprint density at radius 1 is 1.27 bits per heavy atom. The number of halogens is 3. The summed E-state index contributed by atoms with van der Waals surface area (Å²) < 4.78 is 0. The molecule has 1 aliphatic rings. The summed E-state index contributed by atoms with van der Waals surface area (Å²) in [6.45, 7) is 1.93. The summed E-state index contributed by atoms with van der Waals surface area (Å²) in [5.74, 6) is 0.163. The number of hydrogen-bond donors (Lipinski definition) is 1. The molecular formula is C21H20Cl3NO. The van der Waals surface area contributed by atoms with E-state index in [1.807, 2.05) is 37.3 Å². The van der Waals surface area contributed by atoms with Crippen molar-refractivity contribution in [1.29, 1.82) is 0 Å². The van der Waals surface area contributed by atoms with E-state index >= 15 is 0 Å². The molecular weight excluding hydrogens is 389 g/mol. The fraction of sp³-hybridized carbons (Fsp3) is 0.190. The van der Waals surface area contributed by atoms with Gasteiger partial charge in [-0.3, -0.25) is 4.79 Å². The number of amides is 1. The highest BCUT2D eigenvalue weighted by molar-refractivity contribution is 6.35. The van der Waals surface area contributed by atoms with Crippen LogP contribution in [-0.4, -0.2) is 11.9 Å². The molecule has 0 fully saturated rings. The zero-order valence-electron chi connectivity index (χ0n) is 14.3. The molecule has 0 saturated carbocycles. The van der Waals surface area contributed by atoms with Crippen molar-refractivity contribution in [3.63, 3.8) is 0 Å². The number of nitrogens with one attached hydrogen (secondary N) is 1. The molecule has 1 amide bonds. The van der Waals surface area contributed by atoms with Crippen LogP contribution >= 0.6 is 34.8 Å². The predicted molar refractivity (Wildman–Crippen MR) is 113 cm³/mol. The highest BCUT2D eigenvalue weighted by Gasteiger charge is 2.05. The lowest BCUT2D eigenvalue weighted by atomic mass is 9.99. The van der Waals surface area contributed by atoms with Crippen LogP contribution in [0.5, 0.6) is 0 Å². The lowest BCUT2D eigenvalue weighted by Crippen LogP contribution is -2.29. The molecule has 0 aromatic heterocycles. The Labute approximate surface area is 169 Å². The van der Waals surface area contributed by atoms with Gasteiger partial charge in [0.05, 0.1) is 0 Å². The molecule has 1 aliphatic carbocycles. The van der Waals surface area contributed by atoms with Gasteiger partial charge in [-0.1, -0.05) is 83.4 Å². The van der Waals surface area contributed by atoms with E-state index in [-0.39, 0.29) is 11.9 Å². The monoisotopic (exact) mass is 407 g/mol. The van der Waals surface area contributed by atoms with Gasteiger partial charge in [-0.2, -0.15) is 0 Å². The Balaban J connectivity index is 1.79. The molecule has 1 N–H and O–H groups in total. The molecule has 0 saturated heterocycles. The summed E-state index contributed by atoms with van der Waals surface area (Å²) in [7, 11) is 0. The fourth-order valence-corrected chi connectivity index (χ4v) is 2.96. The fourth-order valence-electron chi connectivity index (χ4n) is 2.32. The number of rotatable bonds is 6. The minimum atomic E-state index is -0.156. The van der Waals surface area contributed by atoms with E-state index in [1.165, 1.54) is 6.08 Å². The molecule has 1 aromatic carbocycles. The van der Waals surface area contributed by atoms with E-state index in [4.69, 9.17) is 34.8 Å². The quantitative estimate of drug-likeness (QED) is 0.333. The third kappa shape index (κ3) is 7.25. The van der Waals surface area contributed by atoms with E-state index < -0.39 is 0 Å². The average molecular weight is 409 g/mol. The van der Waals surface area contributed by atoms with Crippen molar-refractivity contribution in [3.05, 3.63) is 87.4 Å². The molecule has 0 aliphatic heterocycles. The largest absolute Gasteiger partial charge is 0.347 e. The van der Waals surface area contributed by atoms with Crippen LogP contribution in [0.15, 0.2) is 71.8 Å². The Morgan fingerprint density at radius 3 is 2.77 bits per heavy atom. The molecule has 2 nitrogen and oxygen atoms in total. The van der Waals surface area contributed by atoms with E-state index in [1.54, 1.807) is 24.3 Å². The van der Waals surface area contributed by atoms with Crippen molar-refractivity contribution < 1.29 is 4.79 Å². The topological polar surface area (TPSA) is 29.1 Å². The van der Waals surface area contributed by atoms with Crippen LogP contribution in [-0.2, 0) is 4.79 Å². The SMILES string of the molecule is CC(/C=C\C1C=CC(Cl)=CC1)NC(=O)/C=C/C=C/c1ccc(Cl)cc1Cl. The van der Waals surface area contributed by atoms with Crippen LogP contribution in [0.1, 0.15) is 18.9 Å². The van der Waals surface area contributed by atoms with Gasteiger partial charge in [-0.05, 0) is 43.0 Å². The summed E-state index contributed by atoms with van der Waals surface area (Å²) >= 11 is 17.8. The van der Waals surface area contributed by atoms with Gasteiger partial charge in [0.15, 0.2) is 0 Å². The maximum absolute atomic E-state index is 11.9. The summed E-state index contributed by atoms with van der Waals surface area (Å²) in [6, 6.07) is 5.21. The number of benzene rings is 1. The standard InChI is InChI=1S/C21H20Cl3NO/c1-15(6-7-16-8-11-18(22)12-9-16)25-21(26)5-3-2-4-17-10-13-19(23)14-20(17)24/h2-8,10-16H,9H2,1H3,(H,25,26)/b4-2+,5-3+,7-6-. The summed E-state index contributed by atoms with van der Waals surface area (Å²) in [5.41, 5.74) is 0.840. The van der Waals surface area contributed by atoms with Gasteiger partial charge in [0.1, 0.15) is 0 Å². The van der Waals surface area contributed by atoms with E-state index in [9.17, 15) is 4.79 Å². The number of hydrogen-bond acceptors (Lipinski definition) is 1. The van der Waals surface area contributed by atoms with Crippen LogP contribution in [0.25, 0.3) is 6.08 Å². The highest BCUT2D eigenvalue weighted by atomic mass is 35.5. The van der Waals surface area contributed by atoms with Gasteiger partial charge in [0, 0.05) is 27.2 Å². The van der Waals surface area contributed by atoms with Gasteiger partial charge in [-0.25, -0.2) is 0 Å². The molecule has 1 aromatic rings. The van der Waals surface area contributed by atoms with Crippen molar-refractivity contribution in [3.8, 4) is 0 Å². The van der Waals surface area contributed by atoms with Crippen molar-refractivity contribution in [1.82, 2.24) is 5.32 Å². The summed E-state index contributed by atoms with van der Waals surface area (Å²) in [5, 5.41) is 4.82. The second kappa shape index (κ2) is 10.4. The van der Waals surface area contributed by atoms with E-state index in [0.29, 0.717) is 16.0 Å². The molecule has 0 bridgehead atoms. The molecule has 26 heavy (non-hydrogen) atoms. The van der Waals surface area contributed by atoms with Crippen molar-refractivity contribution in [2.75, 3.05) is 0 Å². The molecule has 2 atom stereocenters. The minimum Gasteiger partial charge on any atom is -0.347 e. The predicted octanol–water partition coefficient (Wildman–Crippen LogP) is 6.32. The Hall–Kier alpha value is -1.74. The maximum atomic E-state index is 11.9. The zero-order chi connectivity index (χ0) is 18.9. The first-order chi connectivity index (χ1) is 12.4. The van der Waals surface area contributed by atoms with Crippen LogP contribution in [0, 0.1) is 5.92 Å². The van der Waals surface area contributed by atoms with Crippen molar-refractivity contribution in [2.45, 2.75) is 19.4 Å². The van der Waals surface area contributed by atoms with Crippen LogP contribution in [0.4, 0.5) is 0 Å². The normalized spacial score (nSPS) is 18.6. The van der Waals surface area contributed by atoms with Crippen molar-refractivity contribution >= 4 is 46.8 Å². The van der Waals surface area contributed by atoms with Crippen LogP contribution in [0.2, 0.25) is 10.0 Å². The summed E-state index contributed by atoms with van der Waals surface area (Å²) in [6.07, 6.45) is 17.6. The number of carbonyl (C=O) groups is 1. The van der Waals surface area contributed by atoms with Gasteiger partial charge in [-0.15, -0.1) is 0 Å². The second-order valence-electron chi connectivity index (χ2n) is 5.91. The Morgan fingerprint density at radius 2 is 2.08 bits per heavy atom. The molecule has 5 heteroatoms. The van der Waals surface area contributed by atoms with E-state index in [2.05, 4.69) is 17.5 Å².